The summed E-state index contributed by atoms with van der Waals surface area (Å²) in [6.07, 6.45) is 1.29. The first kappa shape index (κ1) is 24.0. The molecule has 7 heteroatoms. The van der Waals surface area contributed by atoms with E-state index in [2.05, 4.69) is 62.8 Å². The summed E-state index contributed by atoms with van der Waals surface area (Å²) in [6.45, 7) is 12.9. The predicted molar refractivity (Wildman–Crippen MR) is 125 cm³/mol. The van der Waals surface area contributed by atoms with Crippen molar-refractivity contribution in [1.82, 2.24) is 25.0 Å². The van der Waals surface area contributed by atoms with E-state index in [9.17, 15) is 9.90 Å². The zero-order valence-corrected chi connectivity index (χ0v) is 19.9. The van der Waals surface area contributed by atoms with E-state index in [1.165, 1.54) is 5.56 Å². The number of aromatic nitrogens is 3. The molecule has 2 N–H and O–H groups in total. The van der Waals surface area contributed by atoms with Crippen LogP contribution < -0.4 is 5.32 Å². The maximum atomic E-state index is 12.0. The molecule has 1 aromatic heterocycles. The van der Waals surface area contributed by atoms with Gasteiger partial charge < -0.3 is 15.0 Å². The summed E-state index contributed by atoms with van der Waals surface area (Å²) in [5.74, 6) is 7.96. The molecule has 0 bridgehead atoms. The van der Waals surface area contributed by atoms with E-state index in [0.717, 1.165) is 49.8 Å². The van der Waals surface area contributed by atoms with Crippen LogP contribution in [0.15, 0.2) is 24.3 Å². The zero-order valence-electron chi connectivity index (χ0n) is 19.9. The largest absolute Gasteiger partial charge is 0.378 e. The van der Waals surface area contributed by atoms with Crippen molar-refractivity contribution in [3.05, 3.63) is 47.0 Å². The van der Waals surface area contributed by atoms with Crippen molar-refractivity contribution in [2.24, 2.45) is 5.92 Å². The number of amides is 1. The average Bonchev–Trinajstić information content (AvgIpc) is 3.04. The van der Waals surface area contributed by atoms with Gasteiger partial charge in [0.2, 0.25) is 5.91 Å². The highest BCUT2D eigenvalue weighted by Gasteiger charge is 2.27. The Morgan fingerprint density at radius 1 is 1.19 bits per heavy atom. The maximum Gasteiger partial charge on any atom is 0.220 e. The van der Waals surface area contributed by atoms with E-state index in [0.29, 0.717) is 6.42 Å². The Labute approximate surface area is 191 Å². The molecule has 0 spiro atoms. The van der Waals surface area contributed by atoms with Gasteiger partial charge in [0.1, 0.15) is 11.4 Å². The topological polar surface area (TPSA) is 83.3 Å². The summed E-state index contributed by atoms with van der Waals surface area (Å²) in [6, 6.07) is 8.07. The molecular formula is C25H35N5O2. The van der Waals surface area contributed by atoms with E-state index >= 15 is 0 Å². The molecule has 0 radical (unpaired) electrons. The van der Waals surface area contributed by atoms with Gasteiger partial charge in [-0.15, -0.1) is 10.2 Å². The molecule has 32 heavy (non-hydrogen) atoms. The third kappa shape index (κ3) is 6.41. The average molecular weight is 438 g/mol. The van der Waals surface area contributed by atoms with Crippen LogP contribution in [0.25, 0.3) is 0 Å². The molecule has 0 aliphatic carbocycles. The molecule has 0 fully saturated rings. The van der Waals surface area contributed by atoms with Crippen LogP contribution in [0.1, 0.15) is 69.9 Å². The van der Waals surface area contributed by atoms with Crippen LogP contribution in [0, 0.1) is 17.8 Å². The molecule has 172 valence electrons. The highest BCUT2D eigenvalue weighted by Crippen LogP contribution is 2.23. The third-order valence-corrected chi connectivity index (χ3v) is 5.60. The van der Waals surface area contributed by atoms with Crippen molar-refractivity contribution in [1.29, 1.82) is 0 Å². The lowest BCUT2D eigenvalue weighted by Gasteiger charge is -2.23. The van der Waals surface area contributed by atoms with Gasteiger partial charge in [0, 0.05) is 44.6 Å². The van der Waals surface area contributed by atoms with Crippen LogP contribution in [-0.4, -0.2) is 49.4 Å². The summed E-state index contributed by atoms with van der Waals surface area (Å²) < 4.78 is 2.19. The van der Waals surface area contributed by atoms with Crippen LogP contribution in [-0.2, 0) is 24.3 Å². The first-order valence-corrected chi connectivity index (χ1v) is 11.4. The van der Waals surface area contributed by atoms with Crippen LogP contribution >= 0.6 is 0 Å². The normalized spacial score (nSPS) is 15.5. The minimum Gasteiger partial charge on any atom is -0.378 e. The van der Waals surface area contributed by atoms with E-state index in [1.54, 1.807) is 13.8 Å². The Bertz CT molecular complexity index is 976. The van der Waals surface area contributed by atoms with Crippen molar-refractivity contribution >= 4 is 5.91 Å². The second-order valence-electron chi connectivity index (χ2n) is 9.30. The van der Waals surface area contributed by atoms with Crippen LogP contribution in [0.4, 0.5) is 0 Å². The summed E-state index contributed by atoms with van der Waals surface area (Å²) >= 11 is 0. The Hall–Kier alpha value is -2.69. The van der Waals surface area contributed by atoms with Crippen molar-refractivity contribution < 1.29 is 9.90 Å². The van der Waals surface area contributed by atoms with Crippen LogP contribution in [0.5, 0.6) is 0 Å². The number of nitrogens with zero attached hydrogens (tertiary/aromatic N) is 4. The van der Waals surface area contributed by atoms with Crippen molar-refractivity contribution in [3.63, 3.8) is 0 Å². The van der Waals surface area contributed by atoms with Crippen LogP contribution in [0.3, 0.4) is 0 Å². The number of carbonyl (C=O) groups is 1. The zero-order chi connectivity index (χ0) is 23.3. The number of carbonyl (C=O) groups excluding carboxylic acids is 1. The van der Waals surface area contributed by atoms with Gasteiger partial charge in [0.15, 0.2) is 5.82 Å². The number of hydrogen-bond donors (Lipinski definition) is 2. The number of hydrogen-bond acceptors (Lipinski definition) is 5. The minimum atomic E-state index is -0.989. The Morgan fingerprint density at radius 2 is 1.91 bits per heavy atom. The predicted octanol–water partition coefficient (Wildman–Crippen LogP) is 2.68. The summed E-state index contributed by atoms with van der Waals surface area (Å²) in [5.41, 5.74) is 1.14. The second kappa shape index (κ2) is 10.3. The van der Waals surface area contributed by atoms with E-state index in [4.69, 9.17) is 0 Å². The highest BCUT2D eigenvalue weighted by atomic mass is 16.3. The standard InChI is InChI=1S/C25H35N5O2/c1-6-22(31)26-23(18(2)3)24-28-27-21-12-14-29(15-16-30(21)24)17-20-9-7-19(8-10-20)11-13-25(4,5)32/h7-10,18,23,32H,6,12,14-17H2,1-5H3,(H,26,31). The van der Waals surface area contributed by atoms with Gasteiger partial charge in [-0.3, -0.25) is 9.69 Å². The molecule has 1 atom stereocenters. The molecule has 1 aliphatic rings. The summed E-state index contributed by atoms with van der Waals surface area (Å²) in [5, 5.41) is 21.8. The number of nitrogens with one attached hydrogen (secondary N) is 1. The first-order valence-electron chi connectivity index (χ1n) is 11.4. The van der Waals surface area contributed by atoms with Gasteiger partial charge in [0.05, 0.1) is 6.04 Å². The molecule has 7 nitrogen and oxygen atoms in total. The number of rotatable bonds is 6. The van der Waals surface area contributed by atoms with Crippen molar-refractivity contribution in [2.75, 3.05) is 13.1 Å². The van der Waals surface area contributed by atoms with Crippen molar-refractivity contribution in [3.8, 4) is 11.8 Å². The fourth-order valence-electron chi connectivity index (χ4n) is 3.76. The Morgan fingerprint density at radius 3 is 2.53 bits per heavy atom. The van der Waals surface area contributed by atoms with Gasteiger partial charge in [-0.25, -0.2) is 0 Å². The molecule has 2 aromatic rings. The van der Waals surface area contributed by atoms with E-state index in [1.807, 2.05) is 19.1 Å². The summed E-state index contributed by atoms with van der Waals surface area (Å²) in [4.78, 5) is 14.5. The molecule has 0 saturated carbocycles. The van der Waals surface area contributed by atoms with E-state index in [-0.39, 0.29) is 17.9 Å². The number of aliphatic hydroxyl groups is 1. The van der Waals surface area contributed by atoms with Crippen molar-refractivity contribution in [2.45, 2.75) is 72.2 Å². The summed E-state index contributed by atoms with van der Waals surface area (Å²) in [7, 11) is 0. The molecule has 1 unspecified atom stereocenters. The van der Waals surface area contributed by atoms with Gasteiger partial charge in [-0.05, 0) is 37.5 Å². The SMILES string of the molecule is CCC(=O)NC(c1nnc2n1CCN(Cc1ccc(C#CC(C)(C)O)cc1)CC2)C(C)C. The molecule has 1 amide bonds. The van der Waals surface area contributed by atoms with Crippen LogP contribution in [0.2, 0.25) is 0 Å². The molecule has 3 rings (SSSR count). The van der Waals surface area contributed by atoms with Gasteiger partial charge in [0.25, 0.3) is 0 Å². The van der Waals surface area contributed by atoms with E-state index < -0.39 is 5.60 Å². The molecule has 0 saturated heterocycles. The monoisotopic (exact) mass is 437 g/mol. The molecule has 1 aromatic carbocycles. The quantitative estimate of drug-likeness (QED) is 0.679. The first-order chi connectivity index (χ1) is 15.2. The highest BCUT2D eigenvalue weighted by molar-refractivity contribution is 5.75. The lowest BCUT2D eigenvalue weighted by molar-refractivity contribution is -0.121. The Balaban J connectivity index is 1.66. The van der Waals surface area contributed by atoms with Gasteiger partial charge in [-0.1, -0.05) is 44.7 Å². The smallest absolute Gasteiger partial charge is 0.220 e. The fourth-order valence-corrected chi connectivity index (χ4v) is 3.76. The van der Waals surface area contributed by atoms with Gasteiger partial charge in [-0.2, -0.15) is 0 Å². The molecule has 2 heterocycles. The van der Waals surface area contributed by atoms with Gasteiger partial charge >= 0.3 is 0 Å². The maximum absolute atomic E-state index is 12.0. The minimum absolute atomic E-state index is 0.0342. The number of fused-ring (bicyclic) bond motifs is 1. The second-order valence-corrected chi connectivity index (χ2v) is 9.30. The Kier molecular flexibility index (Phi) is 7.70. The lowest BCUT2D eigenvalue weighted by Crippen LogP contribution is -2.34. The lowest BCUT2D eigenvalue weighted by atomic mass is 10.0. The molecule has 1 aliphatic heterocycles. The fraction of sp³-hybridized carbons (Fsp3) is 0.560. The number of benzene rings is 1. The molecular weight excluding hydrogens is 402 g/mol. The third-order valence-electron chi connectivity index (χ3n) is 5.60.